The first kappa shape index (κ1) is 56.4. The number of H-pyrrole nitrogens is 2. The highest BCUT2D eigenvalue weighted by Gasteiger charge is 2.47. The number of benzene rings is 2. The van der Waals surface area contributed by atoms with Gasteiger partial charge in [-0.2, -0.15) is 9.97 Å². The van der Waals surface area contributed by atoms with Crippen LogP contribution in [0.2, 0.25) is 0 Å². The second kappa shape index (κ2) is 26.7. The van der Waals surface area contributed by atoms with Crippen molar-refractivity contribution in [3.8, 4) is 0 Å². The molecule has 70 heavy (non-hydrogen) atoms. The average Bonchev–Trinajstić information content (AvgIpc) is 4.11. The van der Waals surface area contributed by atoms with Gasteiger partial charge in [-0.05, 0) is 30.4 Å². The number of halogens is 2. The quantitative estimate of drug-likeness (QED) is 0.0345. The van der Waals surface area contributed by atoms with Crippen molar-refractivity contribution in [3.63, 3.8) is 0 Å². The normalized spacial score (nSPS) is 21.5. The monoisotopic (exact) mass is 1090 g/mol. The molecule has 0 spiro atoms. The van der Waals surface area contributed by atoms with Crippen LogP contribution in [0.15, 0.2) is 97.9 Å². The van der Waals surface area contributed by atoms with E-state index in [1.165, 1.54) is 31.4 Å². The molecule has 6 aromatic rings. The number of aromatic amines is 2. The summed E-state index contributed by atoms with van der Waals surface area (Å²) in [6.07, 6.45) is 6.72. The van der Waals surface area contributed by atoms with Crippen LogP contribution in [0.4, 0.5) is 11.9 Å². The van der Waals surface area contributed by atoms with Gasteiger partial charge in [-0.25, -0.2) is 29.7 Å². The number of aliphatic hydroxyl groups excluding tert-OH is 1. The molecule has 2 aliphatic heterocycles. The molecule has 376 valence electrons. The van der Waals surface area contributed by atoms with Crippen molar-refractivity contribution in [3.05, 3.63) is 105 Å². The fourth-order valence-corrected chi connectivity index (χ4v) is 8.73. The van der Waals surface area contributed by atoms with Gasteiger partial charge in [0, 0.05) is 34.6 Å². The molecule has 21 nitrogen and oxygen atoms in total. The molecule has 6 heterocycles. The first-order chi connectivity index (χ1) is 32.7. The van der Waals surface area contributed by atoms with Gasteiger partial charge in [0.25, 0.3) is 11.1 Å². The third-order valence-electron chi connectivity index (χ3n) is 10.5. The number of aliphatic hydroxyl groups is 1. The van der Waals surface area contributed by atoms with Crippen LogP contribution < -0.4 is 11.1 Å². The maximum Gasteiger partial charge on any atom is 0.306 e. The maximum absolute atomic E-state index is 12.7. The van der Waals surface area contributed by atoms with Crippen LogP contribution in [0.1, 0.15) is 71.5 Å². The molecule has 0 unspecified atom stereocenters. The minimum atomic E-state index is -0.776. The molecule has 0 bridgehead atoms. The SMILES string of the molecule is C.C.CC[C@H]1O[C@@H](n2cnc3c(=O)[nH]c(N=CN(C)C)nc32)[C@H](O)[C@H]1Br.CC[C@H]1O[C@@H](n2cnc3c(=O)[nH]c(N=CN(C)C)nc32)[C@H](OC(=O)CCc2ccccc2)[C@H]1Br.O=C=NCc1ccccc1. The van der Waals surface area contributed by atoms with Crippen LogP contribution in [0, 0.1) is 0 Å². The molecule has 2 fully saturated rings. The van der Waals surface area contributed by atoms with Gasteiger partial charge in [0.15, 0.2) is 40.9 Å². The van der Waals surface area contributed by atoms with E-state index < -0.39 is 30.2 Å². The van der Waals surface area contributed by atoms with Gasteiger partial charge >= 0.3 is 5.97 Å². The van der Waals surface area contributed by atoms with Crippen molar-refractivity contribution in [2.24, 2.45) is 15.0 Å². The lowest BCUT2D eigenvalue weighted by atomic mass is 10.1. The second-order valence-corrected chi connectivity index (χ2v) is 18.1. The summed E-state index contributed by atoms with van der Waals surface area (Å²) in [6.45, 7) is 4.42. The zero-order valence-corrected chi connectivity index (χ0v) is 41.4. The summed E-state index contributed by atoms with van der Waals surface area (Å²) >= 11 is 7.13. The van der Waals surface area contributed by atoms with Crippen molar-refractivity contribution >= 4 is 90.8 Å². The first-order valence-electron chi connectivity index (χ1n) is 21.7. The third-order valence-corrected chi connectivity index (χ3v) is 12.7. The number of aromatic nitrogens is 8. The number of isocyanates is 1. The summed E-state index contributed by atoms with van der Waals surface area (Å²) in [6, 6.07) is 19.4. The Bertz CT molecular complexity index is 2830. The van der Waals surface area contributed by atoms with E-state index in [0.29, 0.717) is 30.7 Å². The summed E-state index contributed by atoms with van der Waals surface area (Å²) in [4.78, 5) is 84.2. The largest absolute Gasteiger partial charge is 0.456 e. The van der Waals surface area contributed by atoms with Crippen LogP contribution >= 0.6 is 31.9 Å². The third kappa shape index (κ3) is 14.2. The van der Waals surface area contributed by atoms with Gasteiger partial charge in [-0.15, -0.1) is 0 Å². The standard InChI is InChI=1S/C23H27BrN6O4.C14H19BrN6O3.C8H7NO.2CH4/c1-4-15-17(24)19(34-16(31)11-10-14-8-6-5-7-9-14)22(33-15)30-13-25-18-20(30)27-23(28-21(18)32)26-12-29(2)3;1-4-7-8(15)10(22)13(24-7)21-6-16-9-11(21)18-14(19-12(9)23)17-5-20(2)3;10-7-9-6-8-4-2-1-3-5-8;;/h5-9,12-13,15,17,19,22H,4,10-11H2,1-3H3,(H,27,28,32);5-8,10,13,22H,4H2,1-3H3,(H,18,19,23);1-5H,6H2;2*1H4/t15-,17+,19-,22-;7-,8+,10-,13-;;;/m11.../s1. The minimum absolute atomic E-state index is 0. The fraction of sp³-hybridized carbons (Fsp3) is 0.447. The molecule has 4 aromatic heterocycles. The van der Waals surface area contributed by atoms with Crippen molar-refractivity contribution in [2.45, 2.75) is 107 Å². The van der Waals surface area contributed by atoms with E-state index in [4.69, 9.17) is 14.2 Å². The van der Waals surface area contributed by atoms with Crippen LogP contribution in [-0.2, 0) is 36.8 Å². The molecule has 23 heteroatoms. The zero-order chi connectivity index (χ0) is 48.9. The van der Waals surface area contributed by atoms with Gasteiger partial charge < -0.3 is 29.1 Å². The molecular formula is C47H61Br2N13O8. The van der Waals surface area contributed by atoms with Gasteiger partial charge in [0.1, 0.15) is 6.10 Å². The van der Waals surface area contributed by atoms with Gasteiger partial charge in [-0.3, -0.25) is 33.5 Å². The first-order valence-corrected chi connectivity index (χ1v) is 23.5. The predicted octanol–water partition coefficient (Wildman–Crippen LogP) is 6.52. The van der Waals surface area contributed by atoms with Crippen molar-refractivity contribution < 1.29 is 28.9 Å². The van der Waals surface area contributed by atoms with Gasteiger partial charge in [0.05, 0.1) is 53.7 Å². The number of alkyl halides is 2. The number of rotatable bonds is 14. The van der Waals surface area contributed by atoms with E-state index >= 15 is 0 Å². The zero-order valence-electron chi connectivity index (χ0n) is 38.2. The molecule has 2 saturated heterocycles. The summed E-state index contributed by atoms with van der Waals surface area (Å²) in [5.41, 5.74) is 2.27. The van der Waals surface area contributed by atoms with E-state index in [1.54, 1.807) is 18.9 Å². The summed E-state index contributed by atoms with van der Waals surface area (Å²) in [5, 5.41) is 10.4. The highest BCUT2D eigenvalue weighted by molar-refractivity contribution is 9.09. The molecule has 3 N–H and O–H groups in total. The number of carbonyl (C=O) groups excluding carboxylic acids is 2. The molecule has 2 aromatic carbocycles. The van der Waals surface area contributed by atoms with Gasteiger partial charge in [-0.1, -0.05) is 121 Å². The fourth-order valence-electron chi connectivity index (χ4n) is 7.11. The van der Waals surface area contributed by atoms with E-state index in [1.807, 2.05) is 103 Å². The molecule has 8 rings (SSSR count). The Kier molecular flexibility index (Phi) is 21.5. The maximum atomic E-state index is 12.7. The number of hydrogen-bond acceptors (Lipinski definition) is 15. The lowest BCUT2D eigenvalue weighted by Crippen LogP contribution is -2.32. The Morgan fingerprint density at radius 3 is 1.73 bits per heavy atom. The molecule has 0 radical (unpaired) electrons. The number of hydrogen-bond donors (Lipinski definition) is 3. The van der Waals surface area contributed by atoms with E-state index in [9.17, 15) is 24.3 Å². The molecule has 8 atom stereocenters. The van der Waals surface area contributed by atoms with E-state index in [0.717, 1.165) is 17.5 Å². The average molecular weight is 1100 g/mol. The number of carbonyl (C=O) groups is 1. The van der Waals surface area contributed by atoms with Crippen LogP contribution in [0.25, 0.3) is 22.3 Å². The van der Waals surface area contributed by atoms with E-state index in [2.05, 4.69) is 76.7 Å². The topological polar surface area (TPSA) is 253 Å². The number of esters is 1. The Morgan fingerprint density at radius 1 is 0.786 bits per heavy atom. The summed E-state index contributed by atoms with van der Waals surface area (Å²) < 4.78 is 21.2. The Hall–Kier alpha value is -6.23. The highest BCUT2D eigenvalue weighted by Crippen LogP contribution is 2.39. The smallest absolute Gasteiger partial charge is 0.306 e. The number of fused-ring (bicyclic) bond motifs is 2. The van der Waals surface area contributed by atoms with E-state index in [-0.39, 0.29) is 77.6 Å². The Labute approximate surface area is 422 Å². The van der Waals surface area contributed by atoms with Gasteiger partial charge in [0.2, 0.25) is 18.0 Å². The Morgan fingerprint density at radius 2 is 1.26 bits per heavy atom. The molecule has 0 aliphatic carbocycles. The number of nitrogens with zero attached hydrogens (tertiary/aromatic N) is 11. The molecule has 0 saturated carbocycles. The van der Waals surface area contributed by atoms with Crippen LogP contribution in [-0.4, -0.2) is 141 Å². The number of nitrogens with one attached hydrogen (secondary N) is 2. The van der Waals surface area contributed by atoms with Crippen LogP contribution in [0.3, 0.4) is 0 Å². The molecule has 2 aliphatic rings. The van der Waals surface area contributed by atoms with Crippen molar-refractivity contribution in [2.75, 3.05) is 28.2 Å². The second-order valence-electron chi connectivity index (χ2n) is 16.0. The summed E-state index contributed by atoms with van der Waals surface area (Å²) in [5.74, 6) is -0.0159. The minimum Gasteiger partial charge on any atom is -0.456 e. The lowest BCUT2D eigenvalue weighted by Gasteiger charge is -2.22. The highest BCUT2D eigenvalue weighted by atomic mass is 79.9. The van der Waals surface area contributed by atoms with Crippen molar-refractivity contribution in [1.29, 1.82) is 0 Å². The van der Waals surface area contributed by atoms with Crippen molar-refractivity contribution in [1.82, 2.24) is 48.8 Å². The predicted molar refractivity (Wildman–Crippen MR) is 276 cm³/mol. The number of aliphatic imine (C=N–C) groups is 3. The summed E-state index contributed by atoms with van der Waals surface area (Å²) in [7, 11) is 7.26. The number of ether oxygens (including phenoxy) is 3. The van der Waals surface area contributed by atoms with Crippen LogP contribution in [0.5, 0.6) is 0 Å². The molecule has 0 amide bonds. The Balaban J connectivity index is 0.000000257. The number of imidazole rings is 2. The number of aryl methyl sites for hydroxylation is 1. The molecular weight excluding hydrogens is 1030 g/mol. The lowest BCUT2D eigenvalue weighted by molar-refractivity contribution is -0.154.